The Balaban J connectivity index is 2.29. The second kappa shape index (κ2) is 5.07. The largest absolute Gasteiger partial charge is 0.444 e. The third-order valence-corrected chi connectivity index (χ3v) is 2.73. The molecule has 0 saturated heterocycles. The van der Waals surface area contributed by atoms with Crippen molar-refractivity contribution in [2.45, 2.75) is 26.1 Å². The number of rotatable bonds is 3. The van der Waals surface area contributed by atoms with Gasteiger partial charge in [0.2, 0.25) is 5.89 Å². The molecule has 1 heterocycles. The molecule has 2 rings (SSSR count). The maximum Gasteiger partial charge on any atom is 0.418 e. The lowest BCUT2D eigenvalue weighted by Crippen LogP contribution is -2.14. The van der Waals surface area contributed by atoms with E-state index < -0.39 is 17.8 Å². The average Bonchev–Trinajstić information content (AvgIpc) is 2.77. The lowest BCUT2D eigenvalue weighted by molar-refractivity contribution is -0.136. The Bertz CT molecular complexity index is 607. The standard InChI is InChI=1S/C13H14F3N3O/c1-7-6-18-12(20-7)8(2)19-11-4-3-9(17)5-10(11)13(14,15)16/h3-6,8,19H,17H2,1-2H3. The fourth-order valence-electron chi connectivity index (χ4n) is 1.79. The van der Waals surface area contributed by atoms with Gasteiger partial charge in [0, 0.05) is 11.4 Å². The quantitative estimate of drug-likeness (QED) is 0.843. The zero-order valence-corrected chi connectivity index (χ0v) is 11.0. The number of aryl methyl sites for hydroxylation is 1. The molecule has 0 saturated carbocycles. The van der Waals surface area contributed by atoms with Gasteiger partial charge in [0.15, 0.2) is 0 Å². The van der Waals surface area contributed by atoms with Crippen molar-refractivity contribution in [1.29, 1.82) is 0 Å². The van der Waals surface area contributed by atoms with E-state index in [1.807, 2.05) is 0 Å². The number of aromatic nitrogens is 1. The summed E-state index contributed by atoms with van der Waals surface area (Å²) in [6, 6.07) is 3.11. The first kappa shape index (κ1) is 14.2. The van der Waals surface area contributed by atoms with Crippen molar-refractivity contribution in [2.24, 2.45) is 0 Å². The number of anilines is 2. The Morgan fingerprint density at radius 3 is 2.60 bits per heavy atom. The second-order valence-electron chi connectivity index (χ2n) is 4.48. The summed E-state index contributed by atoms with van der Waals surface area (Å²) in [4.78, 5) is 3.99. The summed E-state index contributed by atoms with van der Waals surface area (Å²) in [5.74, 6) is 0.925. The van der Waals surface area contributed by atoms with E-state index in [9.17, 15) is 13.2 Å². The first-order chi connectivity index (χ1) is 9.27. The smallest absolute Gasteiger partial charge is 0.418 e. The number of alkyl halides is 3. The highest BCUT2D eigenvalue weighted by atomic mass is 19.4. The maximum absolute atomic E-state index is 13.0. The summed E-state index contributed by atoms with van der Waals surface area (Å²) in [6.07, 6.45) is -2.97. The lowest BCUT2D eigenvalue weighted by atomic mass is 10.1. The van der Waals surface area contributed by atoms with E-state index in [4.69, 9.17) is 10.2 Å². The van der Waals surface area contributed by atoms with Gasteiger partial charge in [0.25, 0.3) is 0 Å². The number of nitrogen functional groups attached to an aromatic ring is 1. The van der Waals surface area contributed by atoms with Gasteiger partial charge in [-0.1, -0.05) is 0 Å². The summed E-state index contributed by atoms with van der Waals surface area (Å²) in [6.45, 7) is 3.38. The van der Waals surface area contributed by atoms with Crippen LogP contribution in [-0.4, -0.2) is 4.98 Å². The lowest BCUT2D eigenvalue weighted by Gasteiger charge is -2.18. The molecular formula is C13H14F3N3O. The van der Waals surface area contributed by atoms with Crippen LogP contribution in [0, 0.1) is 6.92 Å². The molecule has 1 aromatic heterocycles. The number of halogens is 3. The van der Waals surface area contributed by atoms with Gasteiger partial charge in [-0.3, -0.25) is 0 Å². The summed E-state index contributed by atoms with van der Waals surface area (Å²) in [7, 11) is 0. The molecule has 108 valence electrons. The van der Waals surface area contributed by atoms with Gasteiger partial charge < -0.3 is 15.5 Å². The van der Waals surface area contributed by atoms with Crippen LogP contribution >= 0.6 is 0 Å². The minimum absolute atomic E-state index is 0.0579. The minimum Gasteiger partial charge on any atom is -0.444 e. The van der Waals surface area contributed by atoms with Gasteiger partial charge in [0.05, 0.1) is 11.8 Å². The molecule has 0 aliphatic carbocycles. The Labute approximate surface area is 113 Å². The van der Waals surface area contributed by atoms with E-state index in [-0.39, 0.29) is 11.4 Å². The van der Waals surface area contributed by atoms with Crippen LogP contribution in [0.25, 0.3) is 0 Å². The van der Waals surface area contributed by atoms with Crippen LogP contribution in [-0.2, 0) is 6.18 Å². The van der Waals surface area contributed by atoms with E-state index in [0.29, 0.717) is 11.7 Å². The number of benzene rings is 1. The number of nitrogens with one attached hydrogen (secondary N) is 1. The molecule has 0 aliphatic heterocycles. The molecule has 0 bridgehead atoms. The Morgan fingerprint density at radius 1 is 1.35 bits per heavy atom. The van der Waals surface area contributed by atoms with E-state index in [2.05, 4.69) is 10.3 Å². The summed E-state index contributed by atoms with van der Waals surface area (Å²) in [5.41, 5.74) is 4.60. The van der Waals surface area contributed by atoms with Gasteiger partial charge in [-0.2, -0.15) is 13.2 Å². The molecule has 0 spiro atoms. The highest BCUT2D eigenvalue weighted by molar-refractivity contribution is 5.59. The molecule has 0 amide bonds. The van der Waals surface area contributed by atoms with Crippen molar-refractivity contribution in [1.82, 2.24) is 4.98 Å². The second-order valence-corrected chi connectivity index (χ2v) is 4.48. The van der Waals surface area contributed by atoms with Crippen LogP contribution in [0.1, 0.15) is 30.2 Å². The van der Waals surface area contributed by atoms with E-state index in [1.54, 1.807) is 13.8 Å². The van der Waals surface area contributed by atoms with Crippen LogP contribution in [0.15, 0.2) is 28.8 Å². The normalized spacial score (nSPS) is 13.2. The molecule has 3 N–H and O–H groups in total. The molecule has 20 heavy (non-hydrogen) atoms. The van der Waals surface area contributed by atoms with Gasteiger partial charge in [0.1, 0.15) is 11.8 Å². The summed E-state index contributed by atoms with van der Waals surface area (Å²) < 4.78 is 44.1. The minimum atomic E-state index is -4.48. The zero-order valence-electron chi connectivity index (χ0n) is 11.0. The molecule has 1 unspecified atom stereocenters. The fraction of sp³-hybridized carbons (Fsp3) is 0.308. The topological polar surface area (TPSA) is 64.1 Å². The highest BCUT2D eigenvalue weighted by Gasteiger charge is 2.34. The molecule has 1 atom stereocenters. The van der Waals surface area contributed by atoms with Crippen molar-refractivity contribution in [3.63, 3.8) is 0 Å². The first-order valence-corrected chi connectivity index (χ1v) is 5.93. The molecule has 0 fully saturated rings. The number of nitrogens with zero attached hydrogens (tertiary/aromatic N) is 1. The summed E-state index contributed by atoms with van der Waals surface area (Å²) in [5, 5.41) is 2.74. The van der Waals surface area contributed by atoms with Gasteiger partial charge >= 0.3 is 6.18 Å². The van der Waals surface area contributed by atoms with Crippen LogP contribution in [0.2, 0.25) is 0 Å². The monoisotopic (exact) mass is 285 g/mol. The molecular weight excluding hydrogens is 271 g/mol. The van der Waals surface area contributed by atoms with E-state index in [0.717, 1.165) is 6.07 Å². The third kappa shape index (κ3) is 3.04. The van der Waals surface area contributed by atoms with Crippen LogP contribution in [0.5, 0.6) is 0 Å². The molecule has 1 aromatic carbocycles. The summed E-state index contributed by atoms with van der Waals surface area (Å²) >= 11 is 0. The van der Waals surface area contributed by atoms with Crippen molar-refractivity contribution < 1.29 is 17.6 Å². The molecule has 0 aliphatic rings. The third-order valence-electron chi connectivity index (χ3n) is 2.73. The van der Waals surface area contributed by atoms with E-state index in [1.165, 1.54) is 18.3 Å². The number of nitrogens with two attached hydrogens (primary N) is 1. The van der Waals surface area contributed by atoms with Gasteiger partial charge in [-0.05, 0) is 32.0 Å². The van der Waals surface area contributed by atoms with E-state index >= 15 is 0 Å². The maximum atomic E-state index is 13.0. The van der Waals surface area contributed by atoms with Crippen LogP contribution in [0.3, 0.4) is 0 Å². The van der Waals surface area contributed by atoms with Crippen molar-refractivity contribution in [2.75, 3.05) is 11.1 Å². The van der Waals surface area contributed by atoms with Gasteiger partial charge in [-0.15, -0.1) is 0 Å². The number of oxazole rings is 1. The highest BCUT2D eigenvalue weighted by Crippen LogP contribution is 2.37. The van der Waals surface area contributed by atoms with Crippen LogP contribution in [0.4, 0.5) is 24.5 Å². The average molecular weight is 285 g/mol. The van der Waals surface area contributed by atoms with Gasteiger partial charge in [-0.25, -0.2) is 4.98 Å². The molecule has 7 heteroatoms. The van der Waals surface area contributed by atoms with Crippen LogP contribution < -0.4 is 11.1 Å². The predicted octanol–water partition coefficient (Wildman–Crippen LogP) is 3.76. The molecule has 2 aromatic rings. The predicted molar refractivity (Wildman–Crippen MR) is 69.1 cm³/mol. The zero-order chi connectivity index (χ0) is 14.9. The number of hydrogen-bond donors (Lipinski definition) is 2. The van der Waals surface area contributed by atoms with Crippen molar-refractivity contribution in [3.8, 4) is 0 Å². The molecule has 0 radical (unpaired) electrons. The Hall–Kier alpha value is -2.18. The Kier molecular flexibility index (Phi) is 3.61. The number of hydrogen-bond acceptors (Lipinski definition) is 4. The molecule has 4 nitrogen and oxygen atoms in total. The fourth-order valence-corrected chi connectivity index (χ4v) is 1.79. The Morgan fingerprint density at radius 2 is 2.05 bits per heavy atom. The van der Waals surface area contributed by atoms with Crippen molar-refractivity contribution in [3.05, 3.63) is 41.6 Å². The SMILES string of the molecule is Cc1cnc(C(C)Nc2ccc(N)cc2C(F)(F)F)o1. The van der Waals surface area contributed by atoms with Crippen molar-refractivity contribution >= 4 is 11.4 Å². The first-order valence-electron chi connectivity index (χ1n) is 5.93.